The first kappa shape index (κ1) is 16.2. The Morgan fingerprint density at radius 1 is 1.47 bits per heavy atom. The van der Waals surface area contributed by atoms with Gasteiger partial charge in [0.25, 0.3) is 0 Å². The lowest BCUT2D eigenvalue weighted by atomic mass is 10.1. The molecule has 1 atom stereocenters. The Labute approximate surface area is 124 Å². The largest absolute Gasteiger partial charge is 0.497 e. The standard InChI is InChI=1S/C14H19Cl2NO2/c1-4-17-10(2)13-6-5-12(18-3)7-14(13)19-9-11(16)8-15/h5-8,10,17H,4,9H2,1-3H3/b11-8-. The third kappa shape index (κ3) is 4.94. The molecule has 0 saturated heterocycles. The fourth-order valence-electron chi connectivity index (χ4n) is 1.72. The van der Waals surface area contributed by atoms with Crippen LogP contribution in [0.3, 0.4) is 0 Å². The average Bonchev–Trinajstić information content (AvgIpc) is 2.44. The smallest absolute Gasteiger partial charge is 0.128 e. The van der Waals surface area contributed by atoms with E-state index >= 15 is 0 Å². The van der Waals surface area contributed by atoms with Crippen LogP contribution in [0.5, 0.6) is 11.5 Å². The number of methoxy groups -OCH3 is 1. The summed E-state index contributed by atoms with van der Waals surface area (Å²) in [7, 11) is 1.62. The first-order valence-corrected chi connectivity index (χ1v) is 6.92. The molecule has 1 aromatic rings. The molecule has 0 aliphatic heterocycles. The molecule has 1 aromatic carbocycles. The van der Waals surface area contributed by atoms with Crippen LogP contribution in [0.25, 0.3) is 0 Å². The molecule has 0 heterocycles. The van der Waals surface area contributed by atoms with Crippen molar-refractivity contribution in [1.82, 2.24) is 5.32 Å². The van der Waals surface area contributed by atoms with Gasteiger partial charge in [-0.1, -0.05) is 36.2 Å². The molecule has 0 aliphatic carbocycles. The minimum atomic E-state index is 0.185. The first-order chi connectivity index (χ1) is 9.12. The van der Waals surface area contributed by atoms with Gasteiger partial charge in [-0.3, -0.25) is 0 Å². The van der Waals surface area contributed by atoms with Crippen LogP contribution in [0.1, 0.15) is 25.5 Å². The second-order valence-electron chi connectivity index (χ2n) is 4.03. The molecule has 0 fully saturated rings. The van der Waals surface area contributed by atoms with Crippen molar-refractivity contribution in [2.24, 2.45) is 0 Å². The number of hydrogen-bond donors (Lipinski definition) is 1. The Hall–Kier alpha value is -0.900. The number of halogens is 2. The summed E-state index contributed by atoms with van der Waals surface area (Å²) in [5.74, 6) is 1.48. The summed E-state index contributed by atoms with van der Waals surface area (Å²) in [6.45, 7) is 5.27. The van der Waals surface area contributed by atoms with E-state index in [0.717, 1.165) is 23.6 Å². The maximum atomic E-state index is 5.84. The molecule has 3 nitrogen and oxygen atoms in total. The van der Waals surface area contributed by atoms with Crippen molar-refractivity contribution in [3.63, 3.8) is 0 Å². The molecule has 1 N–H and O–H groups in total. The minimum Gasteiger partial charge on any atom is -0.497 e. The highest BCUT2D eigenvalue weighted by molar-refractivity contribution is 6.36. The first-order valence-electron chi connectivity index (χ1n) is 6.11. The van der Waals surface area contributed by atoms with Crippen molar-refractivity contribution in [1.29, 1.82) is 0 Å². The maximum absolute atomic E-state index is 5.84. The Bertz CT molecular complexity index is 435. The van der Waals surface area contributed by atoms with E-state index in [1.54, 1.807) is 7.11 Å². The monoisotopic (exact) mass is 303 g/mol. The van der Waals surface area contributed by atoms with Crippen molar-refractivity contribution in [2.75, 3.05) is 20.3 Å². The summed E-state index contributed by atoms with van der Waals surface area (Å²) >= 11 is 11.4. The zero-order chi connectivity index (χ0) is 14.3. The summed E-state index contributed by atoms with van der Waals surface area (Å²) in [6, 6.07) is 5.93. The quantitative estimate of drug-likeness (QED) is 0.824. The normalized spacial score (nSPS) is 13.2. The Morgan fingerprint density at radius 2 is 2.21 bits per heavy atom. The lowest BCUT2D eigenvalue weighted by Crippen LogP contribution is -2.18. The van der Waals surface area contributed by atoms with E-state index in [2.05, 4.69) is 19.2 Å². The molecule has 1 rings (SSSR count). The second-order valence-corrected chi connectivity index (χ2v) is 4.73. The summed E-state index contributed by atoms with van der Waals surface area (Å²) in [4.78, 5) is 0. The van der Waals surface area contributed by atoms with Gasteiger partial charge in [0, 0.05) is 23.2 Å². The molecule has 19 heavy (non-hydrogen) atoms. The predicted octanol–water partition coefficient (Wildman–Crippen LogP) is 4.06. The Balaban J connectivity index is 2.95. The highest BCUT2D eigenvalue weighted by Gasteiger charge is 2.12. The van der Waals surface area contributed by atoms with E-state index in [1.807, 2.05) is 18.2 Å². The number of benzene rings is 1. The van der Waals surface area contributed by atoms with Crippen LogP contribution in [-0.4, -0.2) is 20.3 Å². The highest BCUT2D eigenvalue weighted by Crippen LogP contribution is 2.30. The average molecular weight is 304 g/mol. The van der Waals surface area contributed by atoms with Gasteiger partial charge >= 0.3 is 0 Å². The lowest BCUT2D eigenvalue weighted by Gasteiger charge is -2.18. The van der Waals surface area contributed by atoms with E-state index in [-0.39, 0.29) is 12.6 Å². The molecule has 0 spiro atoms. The van der Waals surface area contributed by atoms with E-state index < -0.39 is 0 Å². The van der Waals surface area contributed by atoms with Gasteiger partial charge in [0.15, 0.2) is 0 Å². The van der Waals surface area contributed by atoms with E-state index in [1.165, 1.54) is 5.54 Å². The van der Waals surface area contributed by atoms with Crippen molar-refractivity contribution in [2.45, 2.75) is 19.9 Å². The molecular formula is C14H19Cl2NO2. The Kier molecular flexibility index (Phi) is 7.06. The minimum absolute atomic E-state index is 0.185. The van der Waals surface area contributed by atoms with Crippen LogP contribution in [0.4, 0.5) is 0 Å². The third-order valence-electron chi connectivity index (χ3n) is 2.68. The van der Waals surface area contributed by atoms with Gasteiger partial charge in [0.05, 0.1) is 12.1 Å². The maximum Gasteiger partial charge on any atom is 0.128 e. The van der Waals surface area contributed by atoms with E-state index in [4.69, 9.17) is 32.7 Å². The van der Waals surface area contributed by atoms with Crippen molar-refractivity contribution < 1.29 is 9.47 Å². The number of ether oxygens (including phenoxy) is 2. The van der Waals surface area contributed by atoms with Crippen LogP contribution in [0.2, 0.25) is 0 Å². The van der Waals surface area contributed by atoms with Gasteiger partial charge in [-0.2, -0.15) is 0 Å². The molecule has 0 bridgehead atoms. The van der Waals surface area contributed by atoms with Crippen LogP contribution in [0.15, 0.2) is 28.8 Å². The van der Waals surface area contributed by atoms with E-state index in [0.29, 0.717) is 5.03 Å². The number of hydrogen-bond acceptors (Lipinski definition) is 3. The zero-order valence-corrected chi connectivity index (χ0v) is 12.9. The fraction of sp³-hybridized carbons (Fsp3) is 0.429. The van der Waals surface area contributed by atoms with Gasteiger partial charge in [-0.05, 0) is 19.5 Å². The molecule has 1 unspecified atom stereocenters. The van der Waals surface area contributed by atoms with Crippen LogP contribution < -0.4 is 14.8 Å². The van der Waals surface area contributed by atoms with Gasteiger partial charge < -0.3 is 14.8 Å². The topological polar surface area (TPSA) is 30.5 Å². The second kappa shape index (κ2) is 8.31. The fourth-order valence-corrected chi connectivity index (χ4v) is 1.84. The molecular weight excluding hydrogens is 285 g/mol. The van der Waals surface area contributed by atoms with Gasteiger partial charge in [0.2, 0.25) is 0 Å². The summed E-state index contributed by atoms with van der Waals surface area (Å²) in [6.07, 6.45) is 0. The van der Waals surface area contributed by atoms with Crippen LogP contribution in [-0.2, 0) is 0 Å². The molecule has 0 aliphatic rings. The Morgan fingerprint density at radius 3 is 2.79 bits per heavy atom. The van der Waals surface area contributed by atoms with Gasteiger partial charge in [-0.25, -0.2) is 0 Å². The van der Waals surface area contributed by atoms with Crippen molar-refractivity contribution in [3.05, 3.63) is 34.3 Å². The SMILES string of the molecule is CCNC(C)c1ccc(OC)cc1OC/C(Cl)=C/Cl. The zero-order valence-electron chi connectivity index (χ0n) is 11.4. The van der Waals surface area contributed by atoms with Gasteiger partial charge in [0.1, 0.15) is 18.1 Å². The number of rotatable bonds is 7. The van der Waals surface area contributed by atoms with Crippen LogP contribution >= 0.6 is 23.2 Å². The van der Waals surface area contributed by atoms with Crippen LogP contribution in [0, 0.1) is 0 Å². The highest BCUT2D eigenvalue weighted by atomic mass is 35.5. The molecule has 0 aromatic heterocycles. The number of nitrogens with one attached hydrogen (secondary N) is 1. The summed E-state index contributed by atoms with van der Waals surface area (Å²) in [5.41, 5.74) is 2.36. The van der Waals surface area contributed by atoms with E-state index in [9.17, 15) is 0 Å². The molecule has 0 radical (unpaired) electrons. The third-order valence-corrected chi connectivity index (χ3v) is 3.27. The molecule has 0 saturated carbocycles. The predicted molar refractivity (Wildman–Crippen MR) is 80.4 cm³/mol. The molecule has 5 heteroatoms. The lowest BCUT2D eigenvalue weighted by molar-refractivity contribution is 0.345. The molecule has 106 valence electrons. The summed E-state index contributed by atoms with van der Waals surface area (Å²) in [5, 5.41) is 3.80. The van der Waals surface area contributed by atoms with Crippen molar-refractivity contribution in [3.8, 4) is 11.5 Å². The molecule has 0 amide bonds. The summed E-state index contributed by atoms with van der Waals surface area (Å²) < 4.78 is 10.9. The van der Waals surface area contributed by atoms with Gasteiger partial charge in [-0.15, -0.1) is 0 Å². The van der Waals surface area contributed by atoms with Crippen molar-refractivity contribution >= 4 is 23.2 Å².